The number of hydrogen-bond acceptors (Lipinski definition) is 6. The van der Waals surface area contributed by atoms with Gasteiger partial charge in [0.25, 0.3) is 5.69 Å². The molecule has 158 valence electrons. The van der Waals surface area contributed by atoms with Crippen LogP contribution in [-0.2, 0) is 14.3 Å². The second kappa shape index (κ2) is 6.52. The predicted octanol–water partition coefficient (Wildman–Crippen LogP) is 4.07. The Hall–Kier alpha value is -2.96. The fourth-order valence-electron chi connectivity index (χ4n) is 4.86. The van der Waals surface area contributed by atoms with Crippen LogP contribution in [0.2, 0.25) is 0 Å². The number of ketones is 2. The first-order chi connectivity index (χ1) is 13.9. The monoisotopic (exact) mass is 410 g/mol. The van der Waals surface area contributed by atoms with Crippen LogP contribution in [0.1, 0.15) is 64.9 Å². The van der Waals surface area contributed by atoms with Crippen LogP contribution in [-0.4, -0.2) is 16.5 Å². The van der Waals surface area contributed by atoms with Crippen molar-refractivity contribution in [1.82, 2.24) is 0 Å². The van der Waals surface area contributed by atoms with Gasteiger partial charge in [0.1, 0.15) is 11.5 Å². The van der Waals surface area contributed by atoms with Crippen molar-refractivity contribution >= 4 is 17.3 Å². The van der Waals surface area contributed by atoms with Gasteiger partial charge in [-0.25, -0.2) is 0 Å². The molecule has 7 nitrogen and oxygen atoms in total. The van der Waals surface area contributed by atoms with Gasteiger partial charge in [-0.1, -0.05) is 39.8 Å². The van der Waals surface area contributed by atoms with Crippen molar-refractivity contribution in [2.24, 2.45) is 10.8 Å². The van der Waals surface area contributed by atoms with Gasteiger partial charge in [-0.05, 0) is 22.1 Å². The molecule has 0 bridgehead atoms. The van der Waals surface area contributed by atoms with E-state index < -0.39 is 22.3 Å². The van der Waals surface area contributed by atoms with E-state index in [4.69, 9.17) is 4.74 Å². The molecule has 3 aliphatic rings. The molecule has 0 N–H and O–H groups in total. The van der Waals surface area contributed by atoms with Crippen LogP contribution in [0.4, 0.5) is 5.69 Å². The van der Waals surface area contributed by atoms with E-state index in [0.717, 1.165) is 6.07 Å². The lowest BCUT2D eigenvalue weighted by atomic mass is 9.65. The summed E-state index contributed by atoms with van der Waals surface area (Å²) < 4.78 is 6.18. The summed E-state index contributed by atoms with van der Waals surface area (Å²) in [6.45, 7) is 7.96. The van der Waals surface area contributed by atoms with Gasteiger partial charge in [0.15, 0.2) is 11.6 Å². The molecule has 1 aromatic rings. The van der Waals surface area contributed by atoms with Crippen LogP contribution in [0.25, 0.3) is 0 Å². The van der Waals surface area contributed by atoms with E-state index in [1.807, 2.05) is 27.7 Å². The summed E-state index contributed by atoms with van der Waals surface area (Å²) in [6, 6.07) is 3.83. The molecular weight excluding hydrogens is 386 g/mol. The molecule has 0 unspecified atom stereocenters. The van der Waals surface area contributed by atoms with Gasteiger partial charge < -0.3 is 9.84 Å². The average molecular weight is 410 g/mol. The third-order valence-corrected chi connectivity index (χ3v) is 6.09. The van der Waals surface area contributed by atoms with Crippen molar-refractivity contribution in [3.63, 3.8) is 0 Å². The number of nitro groups is 1. The molecule has 30 heavy (non-hydrogen) atoms. The van der Waals surface area contributed by atoms with Crippen molar-refractivity contribution in [3.05, 3.63) is 56.5 Å². The van der Waals surface area contributed by atoms with Crippen LogP contribution < -0.4 is 5.11 Å². The lowest BCUT2D eigenvalue weighted by molar-refractivity contribution is -0.398. The number of carbonyl (C=O) groups excluding carboxylic acids is 2. The minimum atomic E-state index is -0.741. The number of allylic oxidation sites excluding steroid dienone is 4. The van der Waals surface area contributed by atoms with E-state index in [2.05, 4.69) is 0 Å². The predicted molar refractivity (Wildman–Crippen MR) is 106 cm³/mol. The van der Waals surface area contributed by atoms with Gasteiger partial charge in [-0.15, -0.1) is 0 Å². The van der Waals surface area contributed by atoms with Crippen molar-refractivity contribution in [2.75, 3.05) is 0 Å². The minimum absolute atomic E-state index is 0.121. The molecule has 0 saturated heterocycles. The van der Waals surface area contributed by atoms with E-state index in [-0.39, 0.29) is 22.4 Å². The average Bonchev–Trinajstić information content (AvgIpc) is 2.57. The summed E-state index contributed by atoms with van der Waals surface area (Å²) >= 11 is 0. The Balaban J connectivity index is 1.94. The zero-order chi connectivity index (χ0) is 22.0. The molecule has 2 aliphatic carbocycles. The number of ether oxygens (including phenoxy) is 1. The molecule has 0 fully saturated rings. The molecule has 4 rings (SSSR count). The lowest BCUT2D eigenvalue weighted by Gasteiger charge is -2.42. The Kier molecular flexibility index (Phi) is 4.42. The Morgan fingerprint density at radius 3 is 1.90 bits per heavy atom. The number of nitrogens with zero attached hydrogens (tertiary/aromatic N) is 1. The molecule has 1 heterocycles. The third-order valence-electron chi connectivity index (χ3n) is 6.09. The quantitative estimate of drug-likeness (QED) is 0.537. The summed E-state index contributed by atoms with van der Waals surface area (Å²) in [6.07, 6.45) is 1.68. The van der Waals surface area contributed by atoms with Crippen LogP contribution in [0, 0.1) is 20.9 Å². The summed E-state index contributed by atoms with van der Waals surface area (Å²) in [7, 11) is 0. The summed E-state index contributed by atoms with van der Waals surface area (Å²) in [4.78, 5) is 36.9. The van der Waals surface area contributed by atoms with E-state index in [1.165, 1.54) is 12.1 Å². The topological polar surface area (TPSA) is 110 Å². The molecular formula is C23H24NO6-. The molecule has 0 spiro atoms. The van der Waals surface area contributed by atoms with Crippen molar-refractivity contribution in [1.29, 1.82) is 0 Å². The first kappa shape index (κ1) is 20.3. The van der Waals surface area contributed by atoms with Crippen LogP contribution >= 0.6 is 0 Å². The van der Waals surface area contributed by atoms with Gasteiger partial charge in [-0.3, -0.25) is 19.7 Å². The Bertz CT molecular complexity index is 1010. The highest BCUT2D eigenvalue weighted by molar-refractivity contribution is 6.06. The SMILES string of the molecule is CC1(C)CC(=O)C2=C(C1)OC1=C(C(=O)CC(C)(C)C1)C2c1ccc([O-])c([N+](=O)[O-])c1. The molecule has 7 heteroatoms. The van der Waals surface area contributed by atoms with E-state index >= 15 is 0 Å². The molecule has 1 aromatic carbocycles. The largest absolute Gasteiger partial charge is 0.868 e. The second-order valence-corrected chi connectivity index (χ2v) is 10.1. The summed E-state index contributed by atoms with van der Waals surface area (Å²) in [5.41, 5.74) is 0.0826. The molecule has 0 radical (unpaired) electrons. The number of carbonyl (C=O) groups is 2. The van der Waals surface area contributed by atoms with Gasteiger partial charge in [-0.2, -0.15) is 0 Å². The fourth-order valence-corrected chi connectivity index (χ4v) is 4.86. The Morgan fingerprint density at radius 1 is 0.933 bits per heavy atom. The Morgan fingerprint density at radius 2 is 1.43 bits per heavy atom. The Labute approximate surface area is 174 Å². The maximum absolute atomic E-state index is 13.2. The zero-order valence-electron chi connectivity index (χ0n) is 17.5. The zero-order valence-corrected chi connectivity index (χ0v) is 17.5. The van der Waals surface area contributed by atoms with Gasteiger partial charge in [0.05, 0.1) is 4.92 Å². The molecule has 0 amide bonds. The smallest absolute Gasteiger partial charge is 0.262 e. The molecule has 1 aliphatic heterocycles. The molecule has 0 saturated carbocycles. The number of hydrogen-bond donors (Lipinski definition) is 0. The number of nitro benzene ring substituents is 1. The van der Waals surface area contributed by atoms with Gasteiger partial charge in [0.2, 0.25) is 0 Å². The highest BCUT2D eigenvalue weighted by Gasteiger charge is 2.47. The van der Waals surface area contributed by atoms with Gasteiger partial charge >= 0.3 is 0 Å². The molecule has 0 atom stereocenters. The number of rotatable bonds is 2. The van der Waals surface area contributed by atoms with Crippen LogP contribution in [0.3, 0.4) is 0 Å². The summed E-state index contributed by atoms with van der Waals surface area (Å²) in [5.74, 6) is -0.603. The van der Waals surface area contributed by atoms with Crippen molar-refractivity contribution in [3.8, 4) is 5.75 Å². The highest BCUT2D eigenvalue weighted by atomic mass is 16.6. The maximum atomic E-state index is 13.2. The van der Waals surface area contributed by atoms with Crippen molar-refractivity contribution < 1.29 is 24.4 Å². The highest BCUT2D eigenvalue weighted by Crippen LogP contribution is 2.53. The number of Topliss-reactive ketones (excluding diaryl/α,β-unsaturated/α-hetero) is 2. The second-order valence-electron chi connectivity index (χ2n) is 10.1. The standard InChI is InChI=1S/C23H25NO6/c1-22(2)8-15(26)20-17(10-22)30-18-11-23(3,4)9-16(27)21(18)19(20)12-5-6-14(25)13(7-12)24(28)29/h5-7,19,25H,8-11H2,1-4H3/p-1. The maximum Gasteiger partial charge on any atom is 0.262 e. The van der Waals surface area contributed by atoms with Crippen molar-refractivity contribution in [2.45, 2.75) is 59.3 Å². The third kappa shape index (κ3) is 3.32. The molecule has 0 aromatic heterocycles. The van der Waals surface area contributed by atoms with Crippen LogP contribution in [0.5, 0.6) is 5.75 Å². The lowest BCUT2D eigenvalue weighted by Crippen LogP contribution is -2.37. The minimum Gasteiger partial charge on any atom is -0.868 e. The summed E-state index contributed by atoms with van der Waals surface area (Å²) in [5, 5.41) is 23.3. The fraction of sp³-hybridized carbons (Fsp3) is 0.478. The van der Waals surface area contributed by atoms with Crippen LogP contribution in [0.15, 0.2) is 40.9 Å². The first-order valence-electron chi connectivity index (χ1n) is 10.0. The first-order valence-corrected chi connectivity index (χ1v) is 10.0. The van der Waals surface area contributed by atoms with E-state index in [9.17, 15) is 24.8 Å². The van der Waals surface area contributed by atoms with E-state index in [0.29, 0.717) is 53.9 Å². The van der Waals surface area contributed by atoms with Gasteiger partial charge in [0, 0.05) is 48.8 Å². The number of benzene rings is 1. The normalized spacial score (nSPS) is 23.1. The van der Waals surface area contributed by atoms with E-state index in [1.54, 1.807) is 0 Å².